The summed E-state index contributed by atoms with van der Waals surface area (Å²) in [5.74, 6) is 0.0692. The first-order valence-electron chi connectivity index (χ1n) is 10.6. The minimum Gasteiger partial charge on any atom is -0.340 e. The highest BCUT2D eigenvalue weighted by Gasteiger charge is 2.21. The van der Waals surface area contributed by atoms with Crippen LogP contribution in [0.25, 0.3) is 0 Å². The second-order valence-electron chi connectivity index (χ2n) is 7.66. The standard InChI is InChI=1S/C23H28N4O4/c28-22(24-20-9-11-21(12-10-20)27(30)31)13-14-25-15-17-26(18-16-25)23(29)8-4-7-19-5-2-1-3-6-19/h1-3,5-6,9-12H,4,7-8,13-18H2,(H,24,28). The Morgan fingerprint density at radius 2 is 1.61 bits per heavy atom. The van der Waals surface area contributed by atoms with Crippen LogP contribution in [0.4, 0.5) is 11.4 Å². The smallest absolute Gasteiger partial charge is 0.269 e. The number of nitrogens with zero attached hydrogens (tertiary/aromatic N) is 3. The average Bonchev–Trinajstić information content (AvgIpc) is 2.79. The summed E-state index contributed by atoms with van der Waals surface area (Å²) in [6, 6.07) is 16.0. The third-order valence-electron chi connectivity index (χ3n) is 5.44. The zero-order valence-electron chi connectivity index (χ0n) is 17.5. The molecule has 0 unspecified atom stereocenters. The predicted molar refractivity (Wildman–Crippen MR) is 119 cm³/mol. The topological polar surface area (TPSA) is 95.8 Å². The van der Waals surface area contributed by atoms with E-state index in [2.05, 4.69) is 22.3 Å². The minimum atomic E-state index is -0.473. The number of hydrogen-bond donors (Lipinski definition) is 1. The molecule has 0 bridgehead atoms. The van der Waals surface area contributed by atoms with E-state index in [0.717, 1.165) is 25.9 Å². The third-order valence-corrected chi connectivity index (χ3v) is 5.44. The molecule has 1 saturated heterocycles. The summed E-state index contributed by atoms with van der Waals surface area (Å²) in [7, 11) is 0. The lowest BCUT2D eigenvalue weighted by molar-refractivity contribution is -0.384. The number of non-ortho nitro benzene ring substituents is 1. The van der Waals surface area contributed by atoms with Crippen LogP contribution in [0.2, 0.25) is 0 Å². The Balaban J connectivity index is 1.31. The molecule has 8 nitrogen and oxygen atoms in total. The van der Waals surface area contributed by atoms with Gasteiger partial charge in [-0.25, -0.2) is 0 Å². The summed E-state index contributed by atoms with van der Waals surface area (Å²) in [6.07, 6.45) is 2.66. The van der Waals surface area contributed by atoms with E-state index in [1.165, 1.54) is 29.8 Å². The summed E-state index contributed by atoms with van der Waals surface area (Å²) in [5, 5.41) is 13.4. The van der Waals surface area contributed by atoms with Crippen molar-refractivity contribution in [3.63, 3.8) is 0 Å². The number of carbonyl (C=O) groups is 2. The van der Waals surface area contributed by atoms with Crippen molar-refractivity contribution in [1.29, 1.82) is 0 Å². The number of nitro groups is 1. The van der Waals surface area contributed by atoms with Gasteiger partial charge in [-0.05, 0) is 30.5 Å². The van der Waals surface area contributed by atoms with Crippen LogP contribution >= 0.6 is 0 Å². The van der Waals surface area contributed by atoms with E-state index in [0.29, 0.717) is 38.2 Å². The molecule has 0 aromatic heterocycles. The summed E-state index contributed by atoms with van der Waals surface area (Å²) in [4.78, 5) is 38.9. The molecule has 1 aliphatic rings. The summed E-state index contributed by atoms with van der Waals surface area (Å²) in [6.45, 7) is 3.52. The molecule has 31 heavy (non-hydrogen) atoms. The number of nitro benzene ring substituents is 1. The molecule has 0 atom stereocenters. The lowest BCUT2D eigenvalue weighted by Gasteiger charge is -2.34. The number of anilines is 1. The third kappa shape index (κ3) is 7.18. The summed E-state index contributed by atoms with van der Waals surface area (Å²) < 4.78 is 0. The van der Waals surface area contributed by atoms with Crippen molar-refractivity contribution in [2.24, 2.45) is 0 Å². The van der Waals surface area contributed by atoms with Crippen LogP contribution in [0.3, 0.4) is 0 Å². The molecule has 1 fully saturated rings. The van der Waals surface area contributed by atoms with Crippen molar-refractivity contribution < 1.29 is 14.5 Å². The van der Waals surface area contributed by atoms with Gasteiger partial charge in [-0.3, -0.25) is 24.6 Å². The van der Waals surface area contributed by atoms with Crippen molar-refractivity contribution in [3.05, 3.63) is 70.3 Å². The molecule has 1 aliphatic heterocycles. The second kappa shape index (κ2) is 11.2. The van der Waals surface area contributed by atoms with Gasteiger partial charge < -0.3 is 10.2 Å². The molecule has 0 saturated carbocycles. The Kier molecular flexibility index (Phi) is 8.12. The van der Waals surface area contributed by atoms with Crippen LogP contribution in [-0.2, 0) is 16.0 Å². The Bertz CT molecular complexity index is 878. The van der Waals surface area contributed by atoms with E-state index in [-0.39, 0.29) is 17.5 Å². The monoisotopic (exact) mass is 424 g/mol. The fraction of sp³-hybridized carbons (Fsp3) is 0.391. The van der Waals surface area contributed by atoms with Crippen molar-refractivity contribution >= 4 is 23.2 Å². The molecule has 2 aromatic rings. The van der Waals surface area contributed by atoms with E-state index in [9.17, 15) is 19.7 Å². The van der Waals surface area contributed by atoms with Gasteiger partial charge in [-0.2, -0.15) is 0 Å². The van der Waals surface area contributed by atoms with Crippen LogP contribution in [0, 0.1) is 10.1 Å². The SMILES string of the molecule is O=C(CCN1CCN(C(=O)CCCc2ccccc2)CC1)Nc1ccc([N+](=O)[O-])cc1. The first-order chi connectivity index (χ1) is 15.0. The molecule has 1 heterocycles. The van der Waals surface area contributed by atoms with Crippen LogP contribution in [0.5, 0.6) is 0 Å². The van der Waals surface area contributed by atoms with Crippen molar-refractivity contribution in [3.8, 4) is 0 Å². The number of hydrogen-bond acceptors (Lipinski definition) is 5. The number of nitrogens with one attached hydrogen (secondary N) is 1. The highest BCUT2D eigenvalue weighted by molar-refractivity contribution is 5.90. The minimum absolute atomic E-state index is 0.00881. The van der Waals surface area contributed by atoms with Crippen molar-refractivity contribution in [2.45, 2.75) is 25.7 Å². The number of benzene rings is 2. The average molecular weight is 425 g/mol. The first-order valence-corrected chi connectivity index (χ1v) is 10.6. The van der Waals surface area contributed by atoms with Gasteiger partial charge in [0.05, 0.1) is 4.92 Å². The predicted octanol–water partition coefficient (Wildman–Crippen LogP) is 3.09. The van der Waals surface area contributed by atoms with Gasteiger partial charge in [0.1, 0.15) is 0 Å². The van der Waals surface area contributed by atoms with Gasteiger partial charge in [-0.15, -0.1) is 0 Å². The van der Waals surface area contributed by atoms with Crippen molar-refractivity contribution in [1.82, 2.24) is 9.80 Å². The number of amides is 2. The van der Waals surface area contributed by atoms with E-state index in [1.54, 1.807) is 0 Å². The molecule has 0 aliphatic carbocycles. The second-order valence-corrected chi connectivity index (χ2v) is 7.66. The van der Waals surface area contributed by atoms with Crippen LogP contribution in [0.15, 0.2) is 54.6 Å². The molecule has 0 radical (unpaired) electrons. The summed E-state index contributed by atoms with van der Waals surface area (Å²) >= 11 is 0. The Labute approximate surface area is 182 Å². The van der Waals surface area contributed by atoms with Gasteiger partial charge in [-0.1, -0.05) is 30.3 Å². The molecular formula is C23H28N4O4. The number of carbonyl (C=O) groups excluding carboxylic acids is 2. The maximum atomic E-state index is 12.4. The first kappa shape index (κ1) is 22.4. The maximum absolute atomic E-state index is 12.4. The molecule has 0 spiro atoms. The molecule has 1 N–H and O–H groups in total. The molecule has 2 aromatic carbocycles. The number of rotatable bonds is 9. The highest BCUT2D eigenvalue weighted by Crippen LogP contribution is 2.15. The van der Waals surface area contributed by atoms with Gasteiger partial charge in [0, 0.05) is 63.4 Å². The zero-order valence-corrected chi connectivity index (χ0v) is 17.5. The van der Waals surface area contributed by atoms with Crippen LogP contribution in [0.1, 0.15) is 24.8 Å². The lowest BCUT2D eigenvalue weighted by atomic mass is 10.1. The van der Waals surface area contributed by atoms with E-state index in [4.69, 9.17) is 0 Å². The van der Waals surface area contributed by atoms with Crippen LogP contribution < -0.4 is 5.32 Å². The Morgan fingerprint density at radius 3 is 2.26 bits per heavy atom. The Hall–Kier alpha value is -3.26. The van der Waals surface area contributed by atoms with Gasteiger partial charge in [0.15, 0.2) is 0 Å². The number of piperazine rings is 1. The molecule has 164 valence electrons. The fourth-order valence-electron chi connectivity index (χ4n) is 3.62. The highest BCUT2D eigenvalue weighted by atomic mass is 16.6. The molecule has 8 heteroatoms. The molecule has 2 amide bonds. The van der Waals surface area contributed by atoms with E-state index >= 15 is 0 Å². The van der Waals surface area contributed by atoms with E-state index in [1.807, 2.05) is 23.1 Å². The summed E-state index contributed by atoms with van der Waals surface area (Å²) in [5.41, 5.74) is 1.79. The van der Waals surface area contributed by atoms with Crippen molar-refractivity contribution in [2.75, 3.05) is 38.0 Å². The largest absolute Gasteiger partial charge is 0.340 e. The van der Waals surface area contributed by atoms with E-state index < -0.39 is 4.92 Å². The van der Waals surface area contributed by atoms with Crippen LogP contribution in [-0.4, -0.2) is 59.3 Å². The zero-order chi connectivity index (χ0) is 22.1. The maximum Gasteiger partial charge on any atom is 0.269 e. The normalized spacial score (nSPS) is 14.3. The number of aryl methyl sites for hydroxylation is 1. The molecule has 3 rings (SSSR count). The fourth-order valence-corrected chi connectivity index (χ4v) is 3.62. The van der Waals surface area contributed by atoms with Gasteiger partial charge >= 0.3 is 0 Å². The van der Waals surface area contributed by atoms with Gasteiger partial charge in [0.25, 0.3) is 5.69 Å². The quantitative estimate of drug-likeness (QED) is 0.493. The lowest BCUT2D eigenvalue weighted by Crippen LogP contribution is -2.49. The molecular weight excluding hydrogens is 396 g/mol. The van der Waals surface area contributed by atoms with Gasteiger partial charge in [0.2, 0.25) is 11.8 Å². The Morgan fingerprint density at radius 1 is 0.935 bits per heavy atom.